The number of benzene rings is 2. The average Bonchev–Trinajstić information content (AvgIpc) is 2.46. The first-order valence-electron chi connectivity index (χ1n) is 7.09. The van der Waals surface area contributed by atoms with Gasteiger partial charge in [-0.25, -0.2) is 0 Å². The second-order valence-corrected chi connectivity index (χ2v) is 5.39. The molecule has 1 amide bonds. The highest BCUT2D eigenvalue weighted by Crippen LogP contribution is 2.26. The molecule has 0 aliphatic carbocycles. The topological polar surface area (TPSA) is 61.6 Å². The molecule has 0 saturated heterocycles. The standard InChI is InChI=1S/C18H21NO3/c1-11-7-12(2)16(13(3)8-11)10-22-17-6-5-14(21-4)9-15(17)18(19)20/h5-9H,10H2,1-4H3,(H2,19,20). The summed E-state index contributed by atoms with van der Waals surface area (Å²) in [5.74, 6) is 0.503. The van der Waals surface area contributed by atoms with Crippen LogP contribution >= 0.6 is 0 Å². The van der Waals surface area contributed by atoms with Crippen molar-refractivity contribution in [3.63, 3.8) is 0 Å². The Morgan fingerprint density at radius 1 is 1.09 bits per heavy atom. The van der Waals surface area contributed by atoms with E-state index in [1.807, 2.05) is 0 Å². The molecule has 2 aromatic rings. The lowest BCUT2D eigenvalue weighted by Crippen LogP contribution is -2.13. The number of amides is 1. The second kappa shape index (κ2) is 6.52. The molecule has 0 atom stereocenters. The summed E-state index contributed by atoms with van der Waals surface area (Å²) in [5, 5.41) is 0. The Morgan fingerprint density at radius 2 is 1.73 bits per heavy atom. The minimum Gasteiger partial charge on any atom is -0.497 e. The highest BCUT2D eigenvalue weighted by molar-refractivity contribution is 5.96. The first-order valence-corrected chi connectivity index (χ1v) is 7.09. The molecule has 2 aromatic carbocycles. The third-order valence-corrected chi connectivity index (χ3v) is 3.66. The van der Waals surface area contributed by atoms with E-state index in [-0.39, 0.29) is 0 Å². The van der Waals surface area contributed by atoms with Crippen LogP contribution in [0.1, 0.15) is 32.6 Å². The van der Waals surface area contributed by atoms with Crippen molar-refractivity contribution in [3.8, 4) is 11.5 Å². The summed E-state index contributed by atoms with van der Waals surface area (Å²) in [6.07, 6.45) is 0. The Labute approximate surface area is 130 Å². The summed E-state index contributed by atoms with van der Waals surface area (Å²) in [6, 6.07) is 9.28. The van der Waals surface area contributed by atoms with E-state index < -0.39 is 5.91 Å². The number of hydrogen-bond acceptors (Lipinski definition) is 3. The van der Waals surface area contributed by atoms with Crippen LogP contribution in [0.2, 0.25) is 0 Å². The first-order chi connectivity index (χ1) is 10.4. The molecule has 0 saturated carbocycles. The van der Waals surface area contributed by atoms with E-state index >= 15 is 0 Å². The molecule has 0 aromatic heterocycles. The fraction of sp³-hybridized carbons (Fsp3) is 0.278. The number of hydrogen-bond donors (Lipinski definition) is 1. The summed E-state index contributed by atoms with van der Waals surface area (Å²) >= 11 is 0. The van der Waals surface area contributed by atoms with Crippen LogP contribution in [0, 0.1) is 20.8 Å². The van der Waals surface area contributed by atoms with Crippen molar-refractivity contribution >= 4 is 5.91 Å². The van der Waals surface area contributed by atoms with Crippen LogP contribution in [-0.2, 0) is 6.61 Å². The van der Waals surface area contributed by atoms with Crippen molar-refractivity contribution < 1.29 is 14.3 Å². The maximum atomic E-state index is 11.6. The van der Waals surface area contributed by atoms with Crippen molar-refractivity contribution in [2.45, 2.75) is 27.4 Å². The zero-order valence-electron chi connectivity index (χ0n) is 13.4. The molecule has 116 valence electrons. The summed E-state index contributed by atoms with van der Waals surface area (Å²) in [7, 11) is 1.54. The molecule has 22 heavy (non-hydrogen) atoms. The molecule has 4 nitrogen and oxygen atoms in total. The van der Waals surface area contributed by atoms with E-state index in [9.17, 15) is 4.79 Å². The van der Waals surface area contributed by atoms with E-state index in [0.717, 1.165) is 5.56 Å². The molecule has 0 spiro atoms. The minimum atomic E-state index is -0.536. The molecule has 4 heteroatoms. The summed E-state index contributed by atoms with van der Waals surface area (Å²) in [4.78, 5) is 11.6. The van der Waals surface area contributed by atoms with Crippen LogP contribution in [0.25, 0.3) is 0 Å². The maximum Gasteiger partial charge on any atom is 0.252 e. The van der Waals surface area contributed by atoms with Gasteiger partial charge in [0.2, 0.25) is 0 Å². The Bertz CT molecular complexity index is 684. The molecule has 0 fully saturated rings. The fourth-order valence-corrected chi connectivity index (χ4v) is 2.54. The van der Waals surface area contributed by atoms with Gasteiger partial charge in [-0.05, 0) is 55.7 Å². The van der Waals surface area contributed by atoms with Gasteiger partial charge in [0.1, 0.15) is 18.1 Å². The first kappa shape index (κ1) is 15.9. The van der Waals surface area contributed by atoms with Crippen LogP contribution in [-0.4, -0.2) is 13.0 Å². The Hall–Kier alpha value is -2.49. The zero-order chi connectivity index (χ0) is 16.3. The number of aryl methyl sites for hydroxylation is 3. The monoisotopic (exact) mass is 299 g/mol. The normalized spacial score (nSPS) is 10.4. The molecular weight excluding hydrogens is 278 g/mol. The second-order valence-electron chi connectivity index (χ2n) is 5.39. The number of carbonyl (C=O) groups excluding carboxylic acids is 1. The highest BCUT2D eigenvalue weighted by Gasteiger charge is 2.12. The van der Waals surface area contributed by atoms with Crippen molar-refractivity contribution in [1.82, 2.24) is 0 Å². The maximum absolute atomic E-state index is 11.6. The number of primary amides is 1. The average molecular weight is 299 g/mol. The van der Waals surface area contributed by atoms with Gasteiger partial charge in [-0.1, -0.05) is 17.7 Å². The van der Waals surface area contributed by atoms with Gasteiger partial charge >= 0.3 is 0 Å². The molecule has 2 rings (SSSR count). The number of carbonyl (C=O) groups is 1. The molecule has 0 bridgehead atoms. The van der Waals surface area contributed by atoms with Gasteiger partial charge < -0.3 is 15.2 Å². The minimum absolute atomic E-state index is 0.321. The van der Waals surface area contributed by atoms with Gasteiger partial charge in [-0.3, -0.25) is 4.79 Å². The smallest absolute Gasteiger partial charge is 0.252 e. The van der Waals surface area contributed by atoms with Crippen molar-refractivity contribution in [1.29, 1.82) is 0 Å². The molecule has 0 radical (unpaired) electrons. The van der Waals surface area contributed by atoms with Crippen LogP contribution in [0.5, 0.6) is 11.5 Å². The van der Waals surface area contributed by atoms with E-state index in [4.69, 9.17) is 15.2 Å². The van der Waals surface area contributed by atoms with E-state index in [1.165, 1.54) is 16.7 Å². The van der Waals surface area contributed by atoms with Gasteiger partial charge in [0.05, 0.1) is 12.7 Å². The molecule has 0 aliphatic rings. The number of ether oxygens (including phenoxy) is 2. The van der Waals surface area contributed by atoms with Crippen LogP contribution in [0.4, 0.5) is 0 Å². The highest BCUT2D eigenvalue weighted by atomic mass is 16.5. The van der Waals surface area contributed by atoms with E-state index in [1.54, 1.807) is 25.3 Å². The fourth-order valence-electron chi connectivity index (χ4n) is 2.54. The molecule has 0 heterocycles. The van der Waals surface area contributed by atoms with Gasteiger partial charge in [-0.2, -0.15) is 0 Å². The largest absolute Gasteiger partial charge is 0.497 e. The summed E-state index contributed by atoms with van der Waals surface area (Å²) in [5.41, 5.74) is 10.4. The van der Waals surface area contributed by atoms with Crippen LogP contribution in [0.3, 0.4) is 0 Å². The van der Waals surface area contributed by atoms with Crippen molar-refractivity contribution in [2.24, 2.45) is 5.73 Å². The summed E-state index contributed by atoms with van der Waals surface area (Å²) in [6.45, 7) is 6.58. The third-order valence-electron chi connectivity index (χ3n) is 3.66. The van der Waals surface area contributed by atoms with Crippen molar-refractivity contribution in [3.05, 3.63) is 58.1 Å². The van der Waals surface area contributed by atoms with Gasteiger partial charge in [0, 0.05) is 0 Å². The van der Waals surface area contributed by atoms with Gasteiger partial charge in [-0.15, -0.1) is 0 Å². The summed E-state index contributed by atoms with van der Waals surface area (Å²) < 4.78 is 10.9. The predicted molar refractivity (Wildman–Crippen MR) is 86.5 cm³/mol. The van der Waals surface area contributed by atoms with Crippen LogP contribution < -0.4 is 15.2 Å². The quantitative estimate of drug-likeness (QED) is 0.921. The lowest BCUT2D eigenvalue weighted by molar-refractivity contribution is 0.0995. The number of rotatable bonds is 5. The molecule has 0 unspecified atom stereocenters. The Kier molecular flexibility index (Phi) is 4.71. The lowest BCUT2D eigenvalue weighted by atomic mass is 10.0. The number of nitrogens with two attached hydrogens (primary N) is 1. The van der Waals surface area contributed by atoms with E-state index in [0.29, 0.717) is 23.7 Å². The lowest BCUT2D eigenvalue weighted by Gasteiger charge is -2.15. The number of methoxy groups -OCH3 is 1. The van der Waals surface area contributed by atoms with Gasteiger partial charge in [0.15, 0.2) is 0 Å². The van der Waals surface area contributed by atoms with Crippen molar-refractivity contribution in [2.75, 3.05) is 7.11 Å². The molecule has 0 aliphatic heterocycles. The SMILES string of the molecule is COc1ccc(OCc2c(C)cc(C)cc2C)c(C(N)=O)c1. The zero-order valence-corrected chi connectivity index (χ0v) is 13.4. The Balaban J connectivity index is 2.27. The molecular formula is C18H21NO3. The Morgan fingerprint density at radius 3 is 2.27 bits per heavy atom. The van der Waals surface area contributed by atoms with Gasteiger partial charge in [0.25, 0.3) is 5.91 Å². The van der Waals surface area contributed by atoms with Crippen LogP contribution in [0.15, 0.2) is 30.3 Å². The predicted octanol–water partition coefficient (Wildman–Crippen LogP) is 3.30. The van der Waals surface area contributed by atoms with E-state index in [2.05, 4.69) is 32.9 Å². The molecule has 2 N–H and O–H groups in total. The third kappa shape index (κ3) is 3.39.